The molecule has 1 aliphatic carbocycles. The van der Waals surface area contributed by atoms with Crippen LogP contribution >= 0.6 is 11.6 Å². The fourth-order valence-electron chi connectivity index (χ4n) is 7.78. The van der Waals surface area contributed by atoms with Crippen molar-refractivity contribution in [3.05, 3.63) is 82.4 Å². The van der Waals surface area contributed by atoms with Crippen molar-refractivity contribution in [2.24, 2.45) is 5.92 Å². The molecule has 0 aromatic heterocycles. The average Bonchev–Trinajstić information content (AvgIpc) is 3.08. The zero-order chi connectivity index (χ0) is 33.9. The Hall–Kier alpha value is -3.75. The van der Waals surface area contributed by atoms with Gasteiger partial charge in [-0.3, -0.25) is 14.5 Å². The Kier molecular flexibility index (Phi) is 10.5. The topological polar surface area (TPSA) is 65.6 Å². The Balaban J connectivity index is 1.17. The van der Waals surface area contributed by atoms with E-state index in [4.69, 9.17) is 21.1 Å². The van der Waals surface area contributed by atoms with Gasteiger partial charge in [-0.15, -0.1) is 0 Å². The lowest BCUT2D eigenvalue weighted by Gasteiger charge is -2.42. The molecule has 0 unspecified atom stereocenters. The van der Waals surface area contributed by atoms with Gasteiger partial charge in [0.05, 0.1) is 25.7 Å². The molecule has 3 aliphatic rings. The predicted octanol–water partition coefficient (Wildman–Crippen LogP) is 6.97. The maximum absolute atomic E-state index is 13.9. The molecule has 2 heterocycles. The monoisotopic (exact) mass is 672 g/mol. The number of carbonyl (C=O) groups excluding carboxylic acids is 2. The maximum atomic E-state index is 13.9. The van der Waals surface area contributed by atoms with Crippen LogP contribution in [0.5, 0.6) is 11.5 Å². The third-order valence-electron chi connectivity index (χ3n) is 10.3. The molecule has 8 nitrogen and oxygen atoms in total. The molecule has 256 valence electrons. The van der Waals surface area contributed by atoms with Gasteiger partial charge in [0, 0.05) is 69.1 Å². The lowest BCUT2D eigenvalue weighted by molar-refractivity contribution is -0.131. The van der Waals surface area contributed by atoms with Gasteiger partial charge in [0.1, 0.15) is 0 Å². The Bertz CT molecular complexity index is 1580. The molecule has 0 spiro atoms. The fourth-order valence-corrected chi connectivity index (χ4v) is 7.91. The molecule has 0 bridgehead atoms. The first-order valence-electron chi connectivity index (χ1n) is 17.4. The maximum Gasteiger partial charge on any atom is 0.232 e. The zero-order valence-corrected chi connectivity index (χ0v) is 29.7. The number of carbonyl (C=O) groups is 2. The van der Waals surface area contributed by atoms with Crippen LogP contribution in [-0.2, 0) is 16.0 Å². The van der Waals surface area contributed by atoms with Crippen LogP contribution in [0.2, 0.25) is 5.02 Å². The van der Waals surface area contributed by atoms with E-state index < -0.39 is 0 Å². The van der Waals surface area contributed by atoms with Gasteiger partial charge in [-0.1, -0.05) is 23.7 Å². The van der Waals surface area contributed by atoms with E-state index in [9.17, 15) is 9.59 Å². The fraction of sp³-hybridized carbons (Fsp3) is 0.487. The number of hydrogen-bond acceptors (Lipinski definition) is 6. The van der Waals surface area contributed by atoms with E-state index in [0.717, 1.165) is 60.8 Å². The largest absolute Gasteiger partial charge is 0.493 e. The molecule has 2 fully saturated rings. The van der Waals surface area contributed by atoms with Crippen LogP contribution in [0, 0.1) is 5.92 Å². The van der Waals surface area contributed by atoms with Crippen molar-refractivity contribution >= 4 is 34.8 Å². The van der Waals surface area contributed by atoms with Crippen LogP contribution in [0.1, 0.15) is 69.2 Å². The highest BCUT2D eigenvalue weighted by atomic mass is 35.5. The van der Waals surface area contributed by atoms with Gasteiger partial charge >= 0.3 is 0 Å². The summed E-state index contributed by atoms with van der Waals surface area (Å²) in [5, 5.41) is 0.652. The molecular weight excluding hydrogens is 624 g/mol. The predicted molar refractivity (Wildman–Crippen MR) is 193 cm³/mol. The Labute approximate surface area is 290 Å². The van der Waals surface area contributed by atoms with Gasteiger partial charge in [0.2, 0.25) is 11.8 Å². The first-order chi connectivity index (χ1) is 23.1. The minimum atomic E-state index is -0.344. The van der Waals surface area contributed by atoms with Crippen LogP contribution in [0.25, 0.3) is 0 Å². The number of nitrogens with zero attached hydrogens (tertiary/aromatic N) is 4. The first-order valence-corrected chi connectivity index (χ1v) is 17.7. The number of benzene rings is 3. The van der Waals surface area contributed by atoms with Gasteiger partial charge in [-0.2, -0.15) is 0 Å². The second kappa shape index (κ2) is 14.8. The highest BCUT2D eigenvalue weighted by molar-refractivity contribution is 6.30. The normalized spacial score (nSPS) is 21.6. The lowest BCUT2D eigenvalue weighted by Crippen LogP contribution is -2.52. The third-order valence-corrected chi connectivity index (χ3v) is 10.6. The standard InChI is InChI=1S/C39H49ClN4O4/c1-26(2)48-37-24-35-30(22-36(37)47-5)23-38(46)44(39(35)29-8-10-31(40)11-9-29)34-16-14-32(15-17-34)41(4)25-28-6-12-33(13-7-28)43-20-18-42(19-21-43)27(3)45/h8-11,14-17,22,24,26,28,33,39H,6-7,12-13,18-21,23,25H2,1-5H3/t28?,33?,39-/m0/s1. The SMILES string of the molecule is COc1cc2c(cc1OC(C)C)[C@H](c1ccc(Cl)cc1)N(c1ccc(N(C)CC3CCC(N4CCN(C(C)=O)CC4)CC3)cc1)C(=O)C2. The summed E-state index contributed by atoms with van der Waals surface area (Å²) < 4.78 is 11.8. The second-order valence-corrected chi connectivity index (χ2v) is 14.3. The van der Waals surface area contributed by atoms with Crippen molar-refractivity contribution in [3.63, 3.8) is 0 Å². The zero-order valence-electron chi connectivity index (χ0n) is 29.0. The number of hydrogen-bond donors (Lipinski definition) is 0. The quantitative estimate of drug-likeness (QED) is 0.245. The molecule has 2 aliphatic heterocycles. The van der Waals surface area contributed by atoms with E-state index in [-0.39, 0.29) is 30.4 Å². The Morgan fingerprint density at radius 3 is 2.21 bits per heavy atom. The van der Waals surface area contributed by atoms with E-state index in [1.165, 1.54) is 25.7 Å². The lowest BCUT2D eigenvalue weighted by atomic mass is 9.84. The number of ether oxygens (including phenoxy) is 2. The third kappa shape index (κ3) is 7.45. The molecule has 3 aromatic carbocycles. The summed E-state index contributed by atoms with van der Waals surface area (Å²) in [4.78, 5) is 34.5. The van der Waals surface area contributed by atoms with Crippen molar-refractivity contribution in [3.8, 4) is 11.5 Å². The number of fused-ring (bicyclic) bond motifs is 1. The molecule has 0 N–H and O–H groups in total. The number of anilines is 2. The number of halogens is 1. The second-order valence-electron chi connectivity index (χ2n) is 13.9. The molecule has 6 rings (SSSR count). The molecule has 1 saturated heterocycles. The summed E-state index contributed by atoms with van der Waals surface area (Å²) in [5.41, 5.74) is 4.94. The Morgan fingerprint density at radius 2 is 1.60 bits per heavy atom. The number of rotatable bonds is 9. The van der Waals surface area contributed by atoms with Crippen molar-refractivity contribution in [1.82, 2.24) is 9.80 Å². The summed E-state index contributed by atoms with van der Waals surface area (Å²) in [5.74, 6) is 2.17. The minimum absolute atomic E-state index is 0.0263. The summed E-state index contributed by atoms with van der Waals surface area (Å²) in [6.07, 6.45) is 5.13. The van der Waals surface area contributed by atoms with Gasteiger partial charge in [-0.05, 0) is 111 Å². The van der Waals surface area contributed by atoms with Gasteiger partial charge in [-0.25, -0.2) is 0 Å². The molecular formula is C39H49ClN4O4. The van der Waals surface area contributed by atoms with Crippen LogP contribution in [0.15, 0.2) is 60.7 Å². The van der Waals surface area contributed by atoms with E-state index in [1.807, 2.05) is 60.0 Å². The van der Waals surface area contributed by atoms with Crippen LogP contribution < -0.4 is 19.3 Å². The molecule has 1 saturated carbocycles. The van der Waals surface area contributed by atoms with Crippen molar-refractivity contribution in [2.75, 3.05) is 56.7 Å². The van der Waals surface area contributed by atoms with Crippen molar-refractivity contribution in [2.45, 2.75) is 71.1 Å². The highest BCUT2D eigenvalue weighted by Crippen LogP contribution is 2.44. The molecule has 9 heteroatoms. The number of piperazine rings is 1. The smallest absolute Gasteiger partial charge is 0.232 e. The first kappa shape index (κ1) is 34.1. The van der Waals surface area contributed by atoms with E-state index >= 15 is 0 Å². The van der Waals surface area contributed by atoms with Gasteiger partial charge in [0.15, 0.2) is 11.5 Å². The summed E-state index contributed by atoms with van der Waals surface area (Å²) in [6.45, 7) is 10.4. The van der Waals surface area contributed by atoms with E-state index in [2.05, 4.69) is 41.1 Å². The molecule has 2 amide bonds. The van der Waals surface area contributed by atoms with Crippen LogP contribution in [0.3, 0.4) is 0 Å². The summed E-state index contributed by atoms with van der Waals surface area (Å²) >= 11 is 6.29. The molecule has 1 atom stereocenters. The molecule has 48 heavy (non-hydrogen) atoms. The van der Waals surface area contributed by atoms with Gasteiger partial charge in [0.25, 0.3) is 0 Å². The number of methoxy groups -OCH3 is 1. The van der Waals surface area contributed by atoms with Crippen molar-refractivity contribution in [1.29, 1.82) is 0 Å². The highest BCUT2D eigenvalue weighted by Gasteiger charge is 2.36. The Morgan fingerprint density at radius 1 is 0.938 bits per heavy atom. The molecule has 0 radical (unpaired) electrons. The summed E-state index contributed by atoms with van der Waals surface area (Å²) in [6, 6.07) is 20.5. The summed E-state index contributed by atoms with van der Waals surface area (Å²) in [7, 11) is 3.80. The molecule has 3 aromatic rings. The van der Waals surface area contributed by atoms with E-state index in [0.29, 0.717) is 28.5 Å². The van der Waals surface area contributed by atoms with Crippen LogP contribution in [-0.4, -0.2) is 80.6 Å². The van der Waals surface area contributed by atoms with E-state index in [1.54, 1.807) is 14.0 Å². The number of amides is 2. The van der Waals surface area contributed by atoms with Crippen molar-refractivity contribution < 1.29 is 19.1 Å². The average molecular weight is 673 g/mol. The van der Waals surface area contributed by atoms with Crippen LogP contribution in [0.4, 0.5) is 11.4 Å². The van der Waals surface area contributed by atoms with Gasteiger partial charge < -0.3 is 24.2 Å². The minimum Gasteiger partial charge on any atom is -0.493 e.